The first kappa shape index (κ1) is 53.3. The highest BCUT2D eigenvalue weighted by Crippen LogP contribution is 2.57. The first-order chi connectivity index (χ1) is 37.6. The lowest BCUT2D eigenvalue weighted by Gasteiger charge is -2.37. The molecule has 1 amide bonds. The SMILES string of the molecule is CC[C@H]1O[C@@H](n2cc(C#CCNC(=O)c3ccc4c(c3)C3(OC4=O)c4ccc(N(C)C)cc4Oc4cc(N(C)C)ccc43)c(=O)[nH]c2=O)CC1OC(=O)OCCN(Cc1ccc(C2=CN(C)NN2)cc1)CC1CCCCN1C. The molecule has 20 nitrogen and oxygen atoms in total. The van der Waals surface area contributed by atoms with E-state index >= 15 is 0 Å². The van der Waals surface area contributed by atoms with E-state index in [4.69, 9.17) is 23.7 Å². The summed E-state index contributed by atoms with van der Waals surface area (Å²) < 4.78 is 31.8. The van der Waals surface area contributed by atoms with Crippen molar-refractivity contribution < 1.29 is 38.1 Å². The average molecular weight is 1060 g/mol. The van der Waals surface area contributed by atoms with Gasteiger partial charge in [-0.25, -0.2) is 14.4 Å². The topological polar surface area (TPSA) is 205 Å². The number of anilines is 2. The summed E-state index contributed by atoms with van der Waals surface area (Å²) in [5.41, 5.74) is 10.5. The monoisotopic (exact) mass is 1060 g/mol. The van der Waals surface area contributed by atoms with Crippen LogP contribution in [0.2, 0.25) is 0 Å². The van der Waals surface area contributed by atoms with Crippen molar-refractivity contribution in [2.75, 3.05) is 84.9 Å². The molecule has 0 radical (unpaired) electrons. The molecule has 4 atom stereocenters. The third-order valence-corrected chi connectivity index (χ3v) is 15.1. The van der Waals surface area contributed by atoms with Gasteiger partial charge < -0.3 is 49.1 Å². The fourth-order valence-electron chi connectivity index (χ4n) is 10.8. The molecule has 4 aromatic carbocycles. The highest BCUT2D eigenvalue weighted by Gasteiger charge is 2.54. The van der Waals surface area contributed by atoms with E-state index in [2.05, 4.69) is 74.2 Å². The normalized spacial score (nSPS) is 19.8. The summed E-state index contributed by atoms with van der Waals surface area (Å²) in [6.45, 7) is 4.86. The number of H-pyrrole nitrogens is 1. The molecular formula is C58H66N10O10. The van der Waals surface area contributed by atoms with Crippen LogP contribution in [0.3, 0.4) is 0 Å². The summed E-state index contributed by atoms with van der Waals surface area (Å²) in [7, 11) is 11.8. The zero-order chi connectivity index (χ0) is 54.8. The van der Waals surface area contributed by atoms with E-state index in [1.54, 1.807) is 18.2 Å². The third-order valence-electron chi connectivity index (χ3n) is 15.1. The van der Waals surface area contributed by atoms with Crippen LogP contribution < -0.4 is 42.1 Å². The van der Waals surface area contributed by atoms with Gasteiger partial charge in [0, 0.05) is 131 Å². The Hall–Kier alpha value is -8.09. The Morgan fingerprint density at radius 3 is 2.29 bits per heavy atom. The molecule has 2 saturated heterocycles. The second-order valence-electron chi connectivity index (χ2n) is 20.8. The van der Waals surface area contributed by atoms with Crippen LogP contribution in [0.15, 0.2) is 101 Å². The number of carbonyl (C=O) groups excluding carboxylic acids is 3. The molecule has 2 fully saturated rings. The number of benzene rings is 4. The summed E-state index contributed by atoms with van der Waals surface area (Å²) in [6.07, 6.45) is 4.33. The summed E-state index contributed by atoms with van der Waals surface area (Å²) in [6, 6.07) is 25.0. The summed E-state index contributed by atoms with van der Waals surface area (Å²) in [5, 5.41) is 4.65. The Morgan fingerprint density at radius 1 is 0.897 bits per heavy atom. The smallest absolute Gasteiger partial charge is 0.456 e. The number of aromatic amines is 1. The predicted molar refractivity (Wildman–Crippen MR) is 293 cm³/mol. The molecule has 5 aromatic rings. The summed E-state index contributed by atoms with van der Waals surface area (Å²) >= 11 is 0. The number of carbonyl (C=O) groups is 3. The van der Waals surface area contributed by atoms with Crippen molar-refractivity contribution in [3.05, 3.63) is 157 Å². The number of hydrogen-bond acceptors (Lipinski definition) is 17. The highest BCUT2D eigenvalue weighted by atomic mass is 16.7. The van der Waals surface area contributed by atoms with Crippen LogP contribution >= 0.6 is 0 Å². The van der Waals surface area contributed by atoms with Gasteiger partial charge in [-0.2, -0.15) is 0 Å². The quantitative estimate of drug-likeness (QED) is 0.0758. The van der Waals surface area contributed by atoms with Crippen molar-refractivity contribution >= 4 is 35.1 Å². The predicted octanol–water partition coefficient (Wildman–Crippen LogP) is 5.48. The lowest BCUT2D eigenvalue weighted by Crippen LogP contribution is -2.45. The van der Waals surface area contributed by atoms with Crippen molar-refractivity contribution in [3.8, 4) is 23.3 Å². The number of hydrazine groups is 2. The lowest BCUT2D eigenvalue weighted by atomic mass is 9.77. The second-order valence-corrected chi connectivity index (χ2v) is 20.8. The first-order valence-corrected chi connectivity index (χ1v) is 26.4. The van der Waals surface area contributed by atoms with E-state index in [0.717, 1.165) is 47.7 Å². The van der Waals surface area contributed by atoms with Gasteiger partial charge in [-0.05, 0) is 80.9 Å². The molecule has 5 aliphatic heterocycles. The Kier molecular flexibility index (Phi) is 15.4. The molecule has 1 aromatic heterocycles. The number of hydrogen-bond donors (Lipinski definition) is 4. The number of rotatable bonds is 15. The average Bonchev–Trinajstić information content (AvgIpc) is 4.32. The van der Waals surface area contributed by atoms with Gasteiger partial charge in [0.1, 0.15) is 36.0 Å². The first-order valence-electron chi connectivity index (χ1n) is 26.4. The molecule has 6 heterocycles. The summed E-state index contributed by atoms with van der Waals surface area (Å²) in [5.74, 6) is 5.61. The van der Waals surface area contributed by atoms with Gasteiger partial charge in [-0.15, -0.1) is 5.53 Å². The fraction of sp³-hybridized carbons (Fsp3) is 0.397. The minimum Gasteiger partial charge on any atom is -0.456 e. The maximum Gasteiger partial charge on any atom is 0.508 e. The molecule has 0 bridgehead atoms. The minimum atomic E-state index is -1.41. The number of ether oxygens (including phenoxy) is 5. The zero-order valence-electron chi connectivity index (χ0n) is 45.0. The summed E-state index contributed by atoms with van der Waals surface area (Å²) in [4.78, 5) is 78.0. The van der Waals surface area contributed by atoms with Gasteiger partial charge in [-0.3, -0.25) is 29.0 Å². The van der Waals surface area contributed by atoms with Gasteiger partial charge in [0.15, 0.2) is 5.60 Å². The maximum absolute atomic E-state index is 13.8. The largest absolute Gasteiger partial charge is 0.508 e. The van der Waals surface area contributed by atoms with Crippen LogP contribution in [-0.4, -0.2) is 136 Å². The van der Waals surface area contributed by atoms with Gasteiger partial charge in [0.25, 0.3) is 11.5 Å². The van der Waals surface area contributed by atoms with E-state index in [-0.39, 0.29) is 30.7 Å². The van der Waals surface area contributed by atoms with E-state index in [9.17, 15) is 24.0 Å². The van der Waals surface area contributed by atoms with Crippen LogP contribution in [0.5, 0.6) is 11.5 Å². The number of fused-ring (bicyclic) bond motifs is 6. The van der Waals surface area contributed by atoms with Gasteiger partial charge in [0.05, 0.1) is 23.9 Å². The molecule has 4 N–H and O–H groups in total. The van der Waals surface area contributed by atoms with E-state index < -0.39 is 53.3 Å². The van der Waals surface area contributed by atoms with E-state index in [1.165, 1.54) is 23.6 Å². The van der Waals surface area contributed by atoms with E-state index in [1.807, 2.05) is 99.6 Å². The number of piperidine rings is 1. The molecule has 408 valence electrons. The molecule has 0 saturated carbocycles. The highest BCUT2D eigenvalue weighted by molar-refractivity contribution is 6.01. The molecule has 20 heteroatoms. The minimum absolute atomic E-state index is 0.0422. The van der Waals surface area contributed by atoms with Crippen LogP contribution in [0, 0.1) is 11.8 Å². The van der Waals surface area contributed by atoms with Crippen molar-refractivity contribution in [3.63, 3.8) is 0 Å². The molecule has 0 aliphatic carbocycles. The Morgan fingerprint density at radius 2 is 1.63 bits per heavy atom. The number of likely N-dealkylation sites (tertiary alicyclic amines) is 1. The zero-order valence-corrected chi connectivity index (χ0v) is 45.0. The van der Waals surface area contributed by atoms with Gasteiger partial charge in [-0.1, -0.05) is 49.5 Å². The Labute approximate surface area is 452 Å². The number of nitrogens with zero attached hydrogens (tertiary/aromatic N) is 6. The Bertz CT molecular complexity index is 3270. The number of likely N-dealkylation sites (N-methyl/N-ethyl adjacent to an activating group) is 1. The number of aromatic nitrogens is 2. The van der Waals surface area contributed by atoms with Crippen molar-refractivity contribution in [1.82, 2.24) is 40.6 Å². The van der Waals surface area contributed by atoms with Gasteiger partial charge >= 0.3 is 17.8 Å². The molecule has 10 rings (SSSR count). The lowest BCUT2D eigenvalue weighted by molar-refractivity contribution is -0.0385. The van der Waals surface area contributed by atoms with Crippen molar-refractivity contribution in [1.29, 1.82) is 0 Å². The fourth-order valence-corrected chi connectivity index (χ4v) is 10.8. The van der Waals surface area contributed by atoms with Crippen LogP contribution in [0.4, 0.5) is 16.2 Å². The van der Waals surface area contributed by atoms with E-state index in [0.29, 0.717) is 59.3 Å². The third kappa shape index (κ3) is 10.9. The molecule has 5 aliphatic rings. The molecule has 78 heavy (non-hydrogen) atoms. The standard InChI is InChI=1S/C58H66N10O10/c1-8-48-51(77-57(73)74-27-26-67(34-42-13-9-10-25-65(42)6)32-36-14-16-37(17-15-36)47-35-66(7)62-61-47)31-52(76-48)68-33-39(54(70)60-56(68)72)12-11-24-59-53(69)38-18-21-43-46(28-38)58(78-55(43)71)44-22-19-40(63(2)3)29-49(44)75-50-30-41(64(4)5)20-23-45(50)58/h14-23,28-30,33,35,42,48,51-52,61-62H,8-10,13,24-27,31-32,34H2,1-7H3,(H,59,69)(H,60,70,72)/t42?,48-,51?,52-/m1/s1. The van der Waals surface area contributed by atoms with Crippen molar-refractivity contribution in [2.45, 2.75) is 75.7 Å². The Balaban J connectivity index is 0.780. The number of esters is 1. The molecule has 2 unspecified atom stereocenters. The van der Waals surface area contributed by atoms with Crippen LogP contribution in [-0.2, 0) is 31.1 Å². The maximum atomic E-state index is 13.8. The molecular weight excluding hydrogens is 997 g/mol. The molecule has 1 spiro atoms. The van der Waals surface area contributed by atoms with Crippen molar-refractivity contribution in [2.24, 2.45) is 0 Å². The van der Waals surface area contributed by atoms with Crippen LogP contribution in [0.1, 0.15) is 99.4 Å². The second kappa shape index (κ2) is 22.5. The number of nitrogens with one attached hydrogen (secondary N) is 4. The van der Waals surface area contributed by atoms with Gasteiger partial charge in [0.2, 0.25) is 0 Å². The number of amides is 1. The van der Waals surface area contributed by atoms with Crippen LogP contribution in [0.25, 0.3) is 5.70 Å².